The lowest BCUT2D eigenvalue weighted by atomic mass is 9.68. The van der Waals surface area contributed by atoms with E-state index in [9.17, 15) is 22.0 Å². The second-order valence-corrected chi connectivity index (χ2v) is 9.83. The van der Waals surface area contributed by atoms with Gasteiger partial charge in [0.2, 0.25) is 0 Å². The molecule has 0 saturated heterocycles. The molecule has 0 radical (unpaired) electrons. The molecule has 3 aliphatic rings. The van der Waals surface area contributed by atoms with Crippen LogP contribution in [0.25, 0.3) is 0 Å². The van der Waals surface area contributed by atoms with E-state index in [0.29, 0.717) is 17.2 Å². The second-order valence-electron chi connectivity index (χ2n) is 9.83. The largest absolute Gasteiger partial charge is 0.493 e. The Hall–Kier alpha value is -1.33. The number of halogens is 5. The average molecular weight is 431 g/mol. The zero-order valence-corrected chi connectivity index (χ0v) is 17.5. The third-order valence-electron chi connectivity index (χ3n) is 7.86. The SMILES string of the molecule is CC1CCC(C2CCC(c3ccc4c(c3)OCC(C(F)(F)C(F)(F)F)C4)CC2)CC1. The van der Waals surface area contributed by atoms with Gasteiger partial charge in [-0.05, 0) is 85.8 Å². The normalized spacial score (nSPS) is 32.9. The van der Waals surface area contributed by atoms with Crippen LogP contribution in [0.4, 0.5) is 22.0 Å². The number of hydrogen-bond donors (Lipinski definition) is 0. The van der Waals surface area contributed by atoms with Crippen molar-refractivity contribution in [2.24, 2.45) is 23.7 Å². The van der Waals surface area contributed by atoms with Gasteiger partial charge in [0.15, 0.2) is 0 Å². The lowest BCUT2D eigenvalue weighted by molar-refractivity contribution is -0.305. The van der Waals surface area contributed by atoms with Crippen molar-refractivity contribution in [3.05, 3.63) is 29.3 Å². The maximum Gasteiger partial charge on any atom is 0.453 e. The first kappa shape index (κ1) is 21.9. The molecule has 1 aliphatic heterocycles. The molecule has 1 atom stereocenters. The Morgan fingerprint density at radius 3 is 2.03 bits per heavy atom. The molecular weight excluding hydrogens is 399 g/mol. The lowest BCUT2D eigenvalue weighted by Crippen LogP contribution is -2.47. The monoisotopic (exact) mass is 430 g/mol. The highest BCUT2D eigenvalue weighted by Crippen LogP contribution is 2.47. The fraction of sp³-hybridized carbons (Fsp3) is 0.750. The van der Waals surface area contributed by atoms with E-state index >= 15 is 0 Å². The maximum atomic E-state index is 13.7. The molecule has 2 saturated carbocycles. The van der Waals surface area contributed by atoms with Gasteiger partial charge in [-0.2, -0.15) is 22.0 Å². The smallest absolute Gasteiger partial charge is 0.453 e. The molecule has 2 fully saturated rings. The van der Waals surface area contributed by atoms with Gasteiger partial charge in [0.05, 0.1) is 12.5 Å². The van der Waals surface area contributed by atoms with Crippen molar-refractivity contribution in [2.75, 3.05) is 6.61 Å². The molecule has 1 nitrogen and oxygen atoms in total. The van der Waals surface area contributed by atoms with E-state index in [2.05, 4.69) is 6.92 Å². The minimum atomic E-state index is -5.55. The predicted octanol–water partition coefficient (Wildman–Crippen LogP) is 7.54. The van der Waals surface area contributed by atoms with Gasteiger partial charge < -0.3 is 4.74 Å². The standard InChI is InChI=1S/C24H31F5O/c1-15-2-4-16(5-3-15)17-6-8-18(9-7-17)19-10-11-20-12-21(14-30-22(20)13-19)23(25,26)24(27,28)29/h10-11,13,15-18,21H,2-9,12,14H2,1H3. The van der Waals surface area contributed by atoms with Crippen LogP contribution in [-0.2, 0) is 6.42 Å². The summed E-state index contributed by atoms with van der Waals surface area (Å²) in [6, 6.07) is 5.48. The van der Waals surface area contributed by atoms with E-state index in [4.69, 9.17) is 4.74 Å². The molecule has 6 heteroatoms. The molecular formula is C24H31F5O. The fourth-order valence-electron chi connectivity index (χ4n) is 5.79. The summed E-state index contributed by atoms with van der Waals surface area (Å²) in [6.07, 6.45) is 4.22. The molecule has 0 amide bonds. The summed E-state index contributed by atoms with van der Waals surface area (Å²) in [5.41, 5.74) is 1.58. The zero-order chi connectivity index (χ0) is 21.5. The van der Waals surface area contributed by atoms with E-state index in [1.54, 1.807) is 6.07 Å². The Labute approximate surface area is 175 Å². The molecule has 0 bridgehead atoms. The Kier molecular flexibility index (Phi) is 6.06. The number of rotatable bonds is 3. The Bertz CT molecular complexity index is 728. The van der Waals surface area contributed by atoms with E-state index < -0.39 is 24.6 Å². The number of benzene rings is 1. The highest BCUT2D eigenvalue weighted by atomic mass is 19.4. The first-order valence-corrected chi connectivity index (χ1v) is 11.3. The third-order valence-corrected chi connectivity index (χ3v) is 7.86. The van der Waals surface area contributed by atoms with Crippen molar-refractivity contribution in [1.29, 1.82) is 0 Å². The van der Waals surface area contributed by atoms with Gasteiger partial charge in [0.1, 0.15) is 5.75 Å². The van der Waals surface area contributed by atoms with Crippen LogP contribution in [0.15, 0.2) is 18.2 Å². The van der Waals surface area contributed by atoms with Crippen LogP contribution in [0.3, 0.4) is 0 Å². The van der Waals surface area contributed by atoms with Crippen molar-refractivity contribution in [3.8, 4) is 5.75 Å². The quantitative estimate of drug-likeness (QED) is 0.450. The van der Waals surface area contributed by atoms with Gasteiger partial charge in [-0.3, -0.25) is 0 Å². The summed E-state index contributed by atoms with van der Waals surface area (Å²) in [4.78, 5) is 0. The highest BCUT2D eigenvalue weighted by molar-refractivity contribution is 5.41. The van der Waals surface area contributed by atoms with Crippen molar-refractivity contribution in [2.45, 2.75) is 82.7 Å². The molecule has 4 rings (SSSR count). The van der Waals surface area contributed by atoms with Crippen LogP contribution < -0.4 is 4.74 Å². The molecule has 1 aromatic rings. The number of hydrogen-bond acceptors (Lipinski definition) is 1. The predicted molar refractivity (Wildman–Crippen MR) is 106 cm³/mol. The summed E-state index contributed by atoms with van der Waals surface area (Å²) in [5.74, 6) is -3.17. The fourth-order valence-corrected chi connectivity index (χ4v) is 5.79. The lowest BCUT2D eigenvalue weighted by Gasteiger charge is -2.37. The number of fused-ring (bicyclic) bond motifs is 1. The van der Waals surface area contributed by atoms with Crippen molar-refractivity contribution < 1.29 is 26.7 Å². The van der Waals surface area contributed by atoms with E-state index in [0.717, 1.165) is 36.2 Å². The van der Waals surface area contributed by atoms with Crippen molar-refractivity contribution in [3.63, 3.8) is 0 Å². The summed E-state index contributed by atoms with van der Waals surface area (Å²) < 4.78 is 70.8. The average Bonchev–Trinajstić information content (AvgIpc) is 2.73. The minimum absolute atomic E-state index is 0.311. The number of ether oxygens (including phenoxy) is 1. The highest BCUT2D eigenvalue weighted by Gasteiger charge is 2.62. The molecule has 0 N–H and O–H groups in total. The van der Waals surface area contributed by atoms with Crippen LogP contribution in [0.2, 0.25) is 0 Å². The molecule has 0 aromatic heterocycles. The molecule has 1 aromatic carbocycles. The maximum absolute atomic E-state index is 13.7. The van der Waals surface area contributed by atoms with Gasteiger partial charge in [0.25, 0.3) is 0 Å². The van der Waals surface area contributed by atoms with Crippen LogP contribution in [-0.4, -0.2) is 18.7 Å². The van der Waals surface area contributed by atoms with Crippen molar-refractivity contribution in [1.82, 2.24) is 0 Å². The third kappa shape index (κ3) is 4.34. The van der Waals surface area contributed by atoms with Gasteiger partial charge in [0, 0.05) is 0 Å². The summed E-state index contributed by atoms with van der Waals surface area (Å²) >= 11 is 0. The first-order valence-electron chi connectivity index (χ1n) is 11.3. The Morgan fingerprint density at radius 1 is 0.833 bits per heavy atom. The van der Waals surface area contributed by atoms with Gasteiger partial charge in [-0.1, -0.05) is 31.9 Å². The van der Waals surface area contributed by atoms with Gasteiger partial charge >= 0.3 is 12.1 Å². The summed E-state index contributed by atoms with van der Waals surface area (Å²) in [6.45, 7) is 1.74. The molecule has 1 unspecified atom stereocenters. The topological polar surface area (TPSA) is 9.23 Å². The van der Waals surface area contributed by atoms with Crippen LogP contribution >= 0.6 is 0 Å². The Balaban J connectivity index is 1.37. The Morgan fingerprint density at radius 2 is 1.43 bits per heavy atom. The zero-order valence-electron chi connectivity index (χ0n) is 17.5. The molecule has 30 heavy (non-hydrogen) atoms. The van der Waals surface area contributed by atoms with E-state index in [1.807, 2.05) is 12.1 Å². The second kappa shape index (κ2) is 8.31. The molecule has 0 spiro atoms. The molecule has 1 heterocycles. The molecule has 2 aliphatic carbocycles. The van der Waals surface area contributed by atoms with Crippen molar-refractivity contribution >= 4 is 0 Å². The van der Waals surface area contributed by atoms with E-state index in [-0.39, 0.29) is 6.42 Å². The van der Waals surface area contributed by atoms with Crippen LogP contribution in [0.1, 0.15) is 75.3 Å². The minimum Gasteiger partial charge on any atom is -0.493 e. The van der Waals surface area contributed by atoms with Crippen LogP contribution in [0, 0.1) is 23.7 Å². The summed E-state index contributed by atoms with van der Waals surface area (Å²) in [5, 5.41) is 0. The van der Waals surface area contributed by atoms with Gasteiger partial charge in [-0.25, -0.2) is 0 Å². The number of alkyl halides is 5. The van der Waals surface area contributed by atoms with Crippen LogP contribution in [0.5, 0.6) is 5.75 Å². The van der Waals surface area contributed by atoms with E-state index in [1.165, 1.54) is 38.5 Å². The first-order chi connectivity index (χ1) is 14.1. The van der Waals surface area contributed by atoms with Gasteiger partial charge in [-0.15, -0.1) is 0 Å². The summed E-state index contributed by atoms with van der Waals surface area (Å²) in [7, 11) is 0. The molecule has 168 valence electrons.